The van der Waals surface area contributed by atoms with Crippen molar-refractivity contribution in [1.29, 1.82) is 0 Å². The van der Waals surface area contributed by atoms with Gasteiger partial charge in [-0.15, -0.1) is 0 Å². The molecule has 18 heavy (non-hydrogen) atoms. The second-order valence-electron chi connectivity index (χ2n) is 4.36. The average Bonchev–Trinajstić information content (AvgIpc) is 2.30. The number of likely N-dealkylation sites (N-methyl/N-ethyl adjacent to an activating group) is 1. The number of amides is 1. The zero-order valence-electron chi connectivity index (χ0n) is 11.0. The molecule has 1 unspecified atom stereocenters. The molecule has 0 saturated carbocycles. The number of hydrogen-bond acceptors (Lipinski definition) is 3. The molecule has 0 heterocycles. The maximum Gasteiger partial charge on any atom is 0.262 e. The van der Waals surface area contributed by atoms with Crippen LogP contribution in [0.5, 0.6) is 5.75 Å². The van der Waals surface area contributed by atoms with Gasteiger partial charge in [-0.2, -0.15) is 0 Å². The summed E-state index contributed by atoms with van der Waals surface area (Å²) in [6.07, 6.45) is -1.50. The molecule has 1 rings (SSSR count). The first-order chi connectivity index (χ1) is 8.32. The lowest BCUT2D eigenvalue weighted by Gasteiger charge is -2.19. The maximum atomic E-state index is 13.7. The summed E-state index contributed by atoms with van der Waals surface area (Å²) in [5.74, 6) is -0.831. The molecule has 5 heteroatoms. The molecule has 0 saturated heterocycles. The lowest BCUT2D eigenvalue weighted by atomic mass is 10.1. The summed E-state index contributed by atoms with van der Waals surface area (Å²) in [7, 11) is 3.21. The van der Waals surface area contributed by atoms with Crippen LogP contribution in [0.15, 0.2) is 18.2 Å². The van der Waals surface area contributed by atoms with Gasteiger partial charge in [0.15, 0.2) is 17.7 Å². The van der Waals surface area contributed by atoms with E-state index in [1.807, 2.05) is 0 Å². The summed E-state index contributed by atoms with van der Waals surface area (Å²) in [6, 6.07) is 4.18. The van der Waals surface area contributed by atoms with Crippen LogP contribution in [-0.2, 0) is 4.79 Å². The van der Waals surface area contributed by atoms with Crippen LogP contribution in [0.4, 0.5) is 4.39 Å². The second kappa shape index (κ2) is 5.82. The Morgan fingerprint density at radius 2 is 2.00 bits per heavy atom. The van der Waals surface area contributed by atoms with Crippen molar-refractivity contribution >= 4 is 5.91 Å². The number of carbonyl (C=O) groups is 1. The van der Waals surface area contributed by atoms with E-state index in [4.69, 9.17) is 4.74 Å². The van der Waals surface area contributed by atoms with E-state index < -0.39 is 18.0 Å². The molecule has 4 nitrogen and oxygen atoms in total. The molecule has 0 fully saturated rings. The van der Waals surface area contributed by atoms with Gasteiger partial charge in [0.1, 0.15) is 0 Å². The zero-order chi connectivity index (χ0) is 13.9. The van der Waals surface area contributed by atoms with Crippen molar-refractivity contribution in [2.45, 2.75) is 26.1 Å². The van der Waals surface area contributed by atoms with Gasteiger partial charge in [-0.1, -0.05) is 6.07 Å². The van der Waals surface area contributed by atoms with Crippen LogP contribution < -0.4 is 4.74 Å². The highest BCUT2D eigenvalue weighted by molar-refractivity contribution is 5.80. The van der Waals surface area contributed by atoms with E-state index in [1.54, 1.807) is 34.0 Å². The van der Waals surface area contributed by atoms with Crippen molar-refractivity contribution in [2.24, 2.45) is 0 Å². The minimum atomic E-state index is -0.758. The van der Waals surface area contributed by atoms with E-state index in [2.05, 4.69) is 0 Å². The van der Waals surface area contributed by atoms with Crippen LogP contribution in [-0.4, -0.2) is 36.1 Å². The van der Waals surface area contributed by atoms with Gasteiger partial charge in [0.25, 0.3) is 5.91 Å². The van der Waals surface area contributed by atoms with E-state index in [0.29, 0.717) is 5.56 Å². The van der Waals surface area contributed by atoms with Gasteiger partial charge in [-0.05, 0) is 31.5 Å². The molecule has 0 aliphatic carbocycles. The van der Waals surface area contributed by atoms with Crippen molar-refractivity contribution in [2.75, 3.05) is 14.1 Å². The summed E-state index contributed by atoms with van der Waals surface area (Å²) >= 11 is 0. The minimum absolute atomic E-state index is 0.00194. The molecule has 100 valence electrons. The smallest absolute Gasteiger partial charge is 0.262 e. The fourth-order valence-electron chi connectivity index (χ4n) is 1.48. The first-order valence-electron chi connectivity index (χ1n) is 5.68. The van der Waals surface area contributed by atoms with E-state index in [0.717, 1.165) is 0 Å². The normalized spacial score (nSPS) is 13.9. The zero-order valence-corrected chi connectivity index (χ0v) is 11.0. The van der Waals surface area contributed by atoms with Gasteiger partial charge < -0.3 is 14.7 Å². The topological polar surface area (TPSA) is 49.8 Å². The number of ether oxygens (including phenoxy) is 1. The monoisotopic (exact) mass is 255 g/mol. The second-order valence-corrected chi connectivity index (χ2v) is 4.36. The van der Waals surface area contributed by atoms with Crippen LogP contribution in [0.2, 0.25) is 0 Å². The Bertz CT molecular complexity index is 432. The van der Waals surface area contributed by atoms with Crippen molar-refractivity contribution < 1.29 is 19.0 Å². The largest absolute Gasteiger partial charge is 0.478 e. The lowest BCUT2D eigenvalue weighted by molar-refractivity contribution is -0.135. The number of carbonyl (C=O) groups excluding carboxylic acids is 1. The summed E-state index contributed by atoms with van der Waals surface area (Å²) in [4.78, 5) is 13.0. The molecular weight excluding hydrogens is 237 g/mol. The van der Waals surface area contributed by atoms with Crippen LogP contribution in [0.3, 0.4) is 0 Å². The Morgan fingerprint density at radius 1 is 1.39 bits per heavy atom. The third kappa shape index (κ3) is 3.43. The molecule has 0 radical (unpaired) electrons. The Kier molecular flexibility index (Phi) is 4.67. The van der Waals surface area contributed by atoms with Crippen molar-refractivity contribution in [3.8, 4) is 5.75 Å². The molecule has 1 aromatic carbocycles. The Hall–Kier alpha value is -1.62. The van der Waals surface area contributed by atoms with Gasteiger partial charge in [0.05, 0.1) is 6.10 Å². The van der Waals surface area contributed by atoms with Crippen LogP contribution in [0.25, 0.3) is 0 Å². The highest BCUT2D eigenvalue weighted by Crippen LogP contribution is 2.23. The third-order valence-corrected chi connectivity index (χ3v) is 2.53. The number of hydrogen-bond donors (Lipinski definition) is 1. The molecule has 1 aromatic rings. The van der Waals surface area contributed by atoms with Crippen LogP contribution >= 0.6 is 0 Å². The molecular formula is C13H18FNO3. The Labute approximate surface area is 106 Å². The summed E-state index contributed by atoms with van der Waals surface area (Å²) in [5, 5.41) is 9.31. The first-order valence-corrected chi connectivity index (χ1v) is 5.68. The fourth-order valence-corrected chi connectivity index (χ4v) is 1.48. The molecule has 1 N–H and O–H groups in total. The van der Waals surface area contributed by atoms with E-state index in [-0.39, 0.29) is 11.7 Å². The predicted octanol–water partition coefficient (Wildman–Crippen LogP) is 1.73. The van der Waals surface area contributed by atoms with Crippen LogP contribution in [0, 0.1) is 5.82 Å². The van der Waals surface area contributed by atoms with E-state index >= 15 is 0 Å². The Balaban J connectivity index is 2.83. The molecule has 0 aromatic heterocycles. The number of aliphatic hydroxyl groups excluding tert-OH is 1. The maximum absolute atomic E-state index is 13.7. The standard InChI is InChI=1S/C13H18FNO3/c1-8(16)10-5-6-12(11(14)7-10)18-9(2)13(17)15(3)4/h5-9,16H,1-4H3/t8-,9?/m0/s1. The Morgan fingerprint density at radius 3 is 2.44 bits per heavy atom. The summed E-state index contributed by atoms with van der Waals surface area (Å²) in [5.41, 5.74) is 0.464. The molecule has 2 atom stereocenters. The minimum Gasteiger partial charge on any atom is -0.478 e. The number of nitrogens with zero attached hydrogens (tertiary/aromatic N) is 1. The number of rotatable bonds is 4. The quantitative estimate of drug-likeness (QED) is 0.891. The molecule has 0 spiro atoms. The number of aliphatic hydroxyl groups is 1. The van der Waals surface area contributed by atoms with E-state index in [1.165, 1.54) is 17.0 Å². The predicted molar refractivity (Wildman–Crippen MR) is 65.8 cm³/mol. The summed E-state index contributed by atoms with van der Waals surface area (Å²) in [6.45, 7) is 3.11. The fraction of sp³-hybridized carbons (Fsp3) is 0.462. The van der Waals surface area contributed by atoms with Gasteiger partial charge >= 0.3 is 0 Å². The average molecular weight is 255 g/mol. The SMILES string of the molecule is CC(Oc1ccc([C@H](C)O)cc1F)C(=O)N(C)C. The lowest BCUT2D eigenvalue weighted by Crippen LogP contribution is -2.35. The molecule has 0 aliphatic rings. The van der Waals surface area contributed by atoms with Crippen LogP contribution in [0.1, 0.15) is 25.5 Å². The highest BCUT2D eigenvalue weighted by atomic mass is 19.1. The summed E-state index contributed by atoms with van der Waals surface area (Å²) < 4.78 is 18.9. The van der Waals surface area contributed by atoms with Crippen molar-refractivity contribution in [3.63, 3.8) is 0 Å². The molecule has 0 bridgehead atoms. The van der Waals surface area contributed by atoms with Gasteiger partial charge in [-0.3, -0.25) is 4.79 Å². The third-order valence-electron chi connectivity index (χ3n) is 2.53. The van der Waals surface area contributed by atoms with Gasteiger partial charge in [-0.25, -0.2) is 4.39 Å². The number of benzene rings is 1. The molecule has 1 amide bonds. The van der Waals surface area contributed by atoms with Crippen molar-refractivity contribution in [3.05, 3.63) is 29.6 Å². The first kappa shape index (κ1) is 14.4. The van der Waals surface area contributed by atoms with Crippen molar-refractivity contribution in [1.82, 2.24) is 4.90 Å². The molecule has 0 aliphatic heterocycles. The highest BCUT2D eigenvalue weighted by Gasteiger charge is 2.18. The van der Waals surface area contributed by atoms with Gasteiger partial charge in [0, 0.05) is 14.1 Å². The van der Waals surface area contributed by atoms with E-state index in [9.17, 15) is 14.3 Å². The van der Waals surface area contributed by atoms with Gasteiger partial charge in [0.2, 0.25) is 0 Å². The number of halogens is 1.